The van der Waals surface area contributed by atoms with Crippen molar-refractivity contribution in [3.63, 3.8) is 0 Å². The Balaban J connectivity index is 1.79. The minimum absolute atomic E-state index is 0.0496. The normalized spacial score (nSPS) is 26.1. The van der Waals surface area contributed by atoms with E-state index in [1.165, 1.54) is 12.8 Å². The van der Waals surface area contributed by atoms with Crippen LogP contribution in [0.4, 0.5) is 0 Å². The van der Waals surface area contributed by atoms with E-state index >= 15 is 0 Å². The van der Waals surface area contributed by atoms with Crippen LogP contribution in [-0.4, -0.2) is 48.1 Å². The molecule has 0 aromatic carbocycles. The van der Waals surface area contributed by atoms with E-state index < -0.39 is 0 Å². The molecule has 1 N–H and O–H groups in total. The SMILES string of the molecule is COc1cnccc1C(=O)N1CCC2CCC(C1)N2. The third-order valence-electron chi connectivity index (χ3n) is 4.05. The maximum Gasteiger partial charge on any atom is 0.257 e. The molecule has 0 saturated carbocycles. The molecule has 102 valence electrons. The van der Waals surface area contributed by atoms with Gasteiger partial charge in [0.1, 0.15) is 5.75 Å². The zero-order valence-electron chi connectivity index (χ0n) is 11.1. The van der Waals surface area contributed by atoms with Crippen LogP contribution in [0.5, 0.6) is 5.75 Å². The summed E-state index contributed by atoms with van der Waals surface area (Å²) in [6, 6.07) is 2.77. The van der Waals surface area contributed by atoms with Crippen LogP contribution in [0.2, 0.25) is 0 Å². The lowest BCUT2D eigenvalue weighted by molar-refractivity contribution is 0.0744. The number of aromatic nitrogens is 1. The third kappa shape index (κ3) is 2.42. The number of nitrogens with zero attached hydrogens (tertiary/aromatic N) is 2. The van der Waals surface area contributed by atoms with Crippen LogP contribution >= 0.6 is 0 Å². The average Bonchev–Trinajstić information content (AvgIpc) is 2.77. The van der Waals surface area contributed by atoms with Gasteiger partial charge in [-0.15, -0.1) is 0 Å². The molecule has 3 rings (SSSR count). The Morgan fingerprint density at radius 3 is 3.11 bits per heavy atom. The molecule has 2 unspecified atom stereocenters. The lowest BCUT2D eigenvalue weighted by Crippen LogP contribution is -2.39. The number of ether oxygens (including phenoxy) is 1. The number of rotatable bonds is 2. The second-order valence-corrected chi connectivity index (χ2v) is 5.25. The molecule has 2 atom stereocenters. The molecule has 0 spiro atoms. The van der Waals surface area contributed by atoms with Crippen molar-refractivity contribution in [2.45, 2.75) is 31.3 Å². The minimum Gasteiger partial charge on any atom is -0.494 e. The minimum atomic E-state index is 0.0496. The van der Waals surface area contributed by atoms with Gasteiger partial charge in [0.25, 0.3) is 5.91 Å². The first-order valence-corrected chi connectivity index (χ1v) is 6.81. The first kappa shape index (κ1) is 12.4. The Labute approximate surface area is 113 Å². The highest BCUT2D eigenvalue weighted by atomic mass is 16.5. The summed E-state index contributed by atoms with van der Waals surface area (Å²) in [5.74, 6) is 0.600. The number of methoxy groups -OCH3 is 1. The van der Waals surface area contributed by atoms with Gasteiger partial charge in [0.15, 0.2) is 0 Å². The van der Waals surface area contributed by atoms with E-state index in [9.17, 15) is 4.79 Å². The summed E-state index contributed by atoms with van der Waals surface area (Å²) >= 11 is 0. The van der Waals surface area contributed by atoms with E-state index in [2.05, 4.69) is 10.3 Å². The Bertz CT molecular complexity index is 478. The number of hydrogen-bond donors (Lipinski definition) is 1. The highest BCUT2D eigenvalue weighted by molar-refractivity contribution is 5.96. The molecular weight excluding hydrogens is 242 g/mol. The molecule has 1 aromatic heterocycles. The Hall–Kier alpha value is -1.62. The van der Waals surface area contributed by atoms with E-state index in [0.717, 1.165) is 19.5 Å². The molecule has 2 saturated heterocycles. The van der Waals surface area contributed by atoms with Crippen molar-refractivity contribution in [3.05, 3.63) is 24.0 Å². The average molecular weight is 261 g/mol. The molecule has 0 radical (unpaired) electrons. The maximum atomic E-state index is 12.6. The van der Waals surface area contributed by atoms with Gasteiger partial charge in [-0.1, -0.05) is 0 Å². The summed E-state index contributed by atoms with van der Waals surface area (Å²) in [5, 5.41) is 3.58. The molecule has 1 aromatic rings. The number of likely N-dealkylation sites (tertiary alicyclic amines) is 1. The Kier molecular flexibility index (Phi) is 3.38. The highest BCUT2D eigenvalue weighted by Gasteiger charge is 2.32. The first-order valence-electron chi connectivity index (χ1n) is 6.81. The maximum absolute atomic E-state index is 12.6. The van der Waals surface area contributed by atoms with Gasteiger partial charge in [0.2, 0.25) is 0 Å². The van der Waals surface area contributed by atoms with Crippen molar-refractivity contribution < 1.29 is 9.53 Å². The number of carbonyl (C=O) groups excluding carboxylic acids is 1. The van der Waals surface area contributed by atoms with Gasteiger partial charge in [-0.3, -0.25) is 9.78 Å². The fourth-order valence-corrected chi connectivity index (χ4v) is 3.02. The predicted molar refractivity (Wildman–Crippen MR) is 71.3 cm³/mol. The predicted octanol–water partition coefficient (Wildman–Crippen LogP) is 1.06. The van der Waals surface area contributed by atoms with Crippen LogP contribution in [0.1, 0.15) is 29.6 Å². The van der Waals surface area contributed by atoms with Crippen LogP contribution in [0.15, 0.2) is 18.5 Å². The molecular formula is C14H19N3O2. The van der Waals surface area contributed by atoms with Gasteiger partial charge >= 0.3 is 0 Å². The van der Waals surface area contributed by atoms with Crippen molar-refractivity contribution in [1.82, 2.24) is 15.2 Å². The topological polar surface area (TPSA) is 54.5 Å². The summed E-state index contributed by atoms with van der Waals surface area (Å²) in [6.07, 6.45) is 6.68. The van der Waals surface area contributed by atoms with E-state index in [1.807, 2.05) is 4.90 Å². The van der Waals surface area contributed by atoms with Crippen molar-refractivity contribution in [2.24, 2.45) is 0 Å². The molecule has 0 aliphatic carbocycles. The summed E-state index contributed by atoms with van der Waals surface area (Å²) in [5.41, 5.74) is 0.607. The lowest BCUT2D eigenvalue weighted by Gasteiger charge is -2.24. The zero-order valence-corrected chi connectivity index (χ0v) is 11.1. The summed E-state index contributed by atoms with van der Waals surface area (Å²) in [6.45, 7) is 1.61. The fourth-order valence-electron chi connectivity index (χ4n) is 3.02. The standard InChI is InChI=1S/C14H19N3O2/c1-19-13-8-15-6-4-12(13)14(18)17-7-5-10-2-3-11(9-17)16-10/h4,6,8,10-11,16H,2-3,5,7,9H2,1H3. The van der Waals surface area contributed by atoms with Gasteiger partial charge < -0.3 is 15.0 Å². The number of pyridine rings is 1. The van der Waals surface area contributed by atoms with Crippen LogP contribution in [0.3, 0.4) is 0 Å². The van der Waals surface area contributed by atoms with E-state index in [-0.39, 0.29) is 5.91 Å². The molecule has 2 aliphatic rings. The quantitative estimate of drug-likeness (QED) is 0.865. The number of hydrogen-bond acceptors (Lipinski definition) is 4. The molecule has 5 nitrogen and oxygen atoms in total. The molecule has 5 heteroatoms. The van der Waals surface area contributed by atoms with Crippen molar-refractivity contribution in [1.29, 1.82) is 0 Å². The van der Waals surface area contributed by atoms with Crippen molar-refractivity contribution in [3.8, 4) is 5.75 Å². The summed E-state index contributed by atoms with van der Waals surface area (Å²) in [7, 11) is 1.57. The monoisotopic (exact) mass is 261 g/mol. The molecule has 2 fully saturated rings. The highest BCUT2D eigenvalue weighted by Crippen LogP contribution is 2.24. The Morgan fingerprint density at radius 1 is 1.42 bits per heavy atom. The van der Waals surface area contributed by atoms with E-state index in [1.54, 1.807) is 25.6 Å². The van der Waals surface area contributed by atoms with Gasteiger partial charge in [0.05, 0.1) is 18.9 Å². The van der Waals surface area contributed by atoms with Gasteiger partial charge in [-0.2, -0.15) is 0 Å². The van der Waals surface area contributed by atoms with Crippen LogP contribution in [0, 0.1) is 0 Å². The fraction of sp³-hybridized carbons (Fsp3) is 0.571. The van der Waals surface area contributed by atoms with E-state index in [0.29, 0.717) is 23.4 Å². The Morgan fingerprint density at radius 2 is 2.26 bits per heavy atom. The summed E-state index contributed by atoms with van der Waals surface area (Å²) < 4.78 is 5.22. The van der Waals surface area contributed by atoms with Crippen molar-refractivity contribution >= 4 is 5.91 Å². The van der Waals surface area contributed by atoms with Gasteiger partial charge in [-0.05, 0) is 25.3 Å². The van der Waals surface area contributed by atoms with Gasteiger partial charge in [-0.25, -0.2) is 0 Å². The summed E-state index contributed by atoms with van der Waals surface area (Å²) in [4.78, 5) is 18.5. The molecule has 2 bridgehead atoms. The van der Waals surface area contributed by atoms with Crippen LogP contribution in [-0.2, 0) is 0 Å². The first-order chi connectivity index (χ1) is 9.28. The third-order valence-corrected chi connectivity index (χ3v) is 4.05. The lowest BCUT2D eigenvalue weighted by atomic mass is 10.1. The smallest absolute Gasteiger partial charge is 0.257 e. The molecule has 19 heavy (non-hydrogen) atoms. The number of carbonyl (C=O) groups is 1. The number of fused-ring (bicyclic) bond motifs is 2. The molecule has 2 aliphatic heterocycles. The number of nitrogens with one attached hydrogen (secondary N) is 1. The second-order valence-electron chi connectivity index (χ2n) is 5.25. The van der Waals surface area contributed by atoms with Crippen LogP contribution < -0.4 is 10.1 Å². The largest absolute Gasteiger partial charge is 0.494 e. The van der Waals surface area contributed by atoms with E-state index in [4.69, 9.17) is 4.74 Å². The zero-order chi connectivity index (χ0) is 13.2. The van der Waals surface area contributed by atoms with Gasteiger partial charge in [0, 0.05) is 31.4 Å². The van der Waals surface area contributed by atoms with Crippen molar-refractivity contribution in [2.75, 3.05) is 20.2 Å². The van der Waals surface area contributed by atoms with Crippen LogP contribution in [0.25, 0.3) is 0 Å². The second kappa shape index (κ2) is 5.17. The molecule has 1 amide bonds. The molecule has 3 heterocycles. The number of amides is 1.